The zero-order chi connectivity index (χ0) is 14.5. The molecule has 0 spiro atoms. The molecule has 0 amide bonds. The molecule has 3 radical (unpaired) electrons. The van der Waals surface area contributed by atoms with E-state index in [0.717, 1.165) is 0 Å². The largest absolute Gasteiger partial charge is 0.481 e. The van der Waals surface area contributed by atoms with Gasteiger partial charge in [-0.25, -0.2) is 4.98 Å². The molecule has 0 fully saturated rings. The number of pyridine rings is 1. The fraction of sp³-hybridized carbons (Fsp3) is 0.200. The predicted octanol–water partition coefficient (Wildman–Crippen LogP) is 3.72. The van der Waals surface area contributed by atoms with Gasteiger partial charge in [0.1, 0.15) is 5.75 Å². The Hall–Kier alpha value is -1.54. The van der Waals surface area contributed by atoms with Crippen LogP contribution in [0.5, 0.6) is 11.6 Å². The number of hydrogen-bond acceptors (Lipinski definition) is 3. The minimum atomic E-state index is -0.847. The van der Waals surface area contributed by atoms with Crippen molar-refractivity contribution in [2.45, 2.75) is 19.3 Å². The maximum absolute atomic E-state index is 11.1. The first kappa shape index (κ1) is 17.5. The summed E-state index contributed by atoms with van der Waals surface area (Å²) in [6.07, 6.45) is 2.06. The van der Waals surface area contributed by atoms with Gasteiger partial charge in [0.15, 0.2) is 0 Å². The van der Waals surface area contributed by atoms with Crippen LogP contribution in [-0.4, -0.2) is 33.4 Å². The number of rotatable bonds is 5. The Balaban J connectivity index is 0.00000220. The minimum absolute atomic E-state index is 0. The average Bonchev–Trinajstić information content (AvgIpc) is 2.44. The van der Waals surface area contributed by atoms with Gasteiger partial charge in [-0.3, -0.25) is 4.79 Å². The van der Waals surface area contributed by atoms with Crippen LogP contribution in [0.4, 0.5) is 0 Å². The molecule has 107 valence electrons. The second kappa shape index (κ2) is 8.04. The van der Waals surface area contributed by atoms with E-state index in [1.165, 1.54) is 6.20 Å². The van der Waals surface area contributed by atoms with Crippen LogP contribution >= 0.6 is 11.6 Å². The van der Waals surface area contributed by atoms with Crippen molar-refractivity contribution in [1.29, 1.82) is 0 Å². The quantitative estimate of drug-likeness (QED) is 0.853. The summed E-state index contributed by atoms with van der Waals surface area (Å²) in [6.45, 7) is 1.83. The summed E-state index contributed by atoms with van der Waals surface area (Å²) in [5, 5.41) is 9.72. The Kier molecular flexibility index (Phi) is 6.71. The van der Waals surface area contributed by atoms with Crippen LogP contribution in [0.3, 0.4) is 0 Å². The summed E-state index contributed by atoms with van der Waals surface area (Å²) in [6, 6.07) is 10.3. The average molecular weight is 319 g/mol. The molecule has 0 saturated heterocycles. The van der Waals surface area contributed by atoms with Gasteiger partial charge in [0.25, 0.3) is 0 Å². The van der Waals surface area contributed by atoms with Gasteiger partial charge in [-0.2, -0.15) is 0 Å². The van der Waals surface area contributed by atoms with E-state index < -0.39 is 11.9 Å². The van der Waals surface area contributed by atoms with Crippen LogP contribution in [0, 0.1) is 0 Å². The van der Waals surface area contributed by atoms with Crippen molar-refractivity contribution < 1.29 is 14.6 Å². The van der Waals surface area contributed by atoms with E-state index in [1.54, 1.807) is 36.4 Å². The van der Waals surface area contributed by atoms with Gasteiger partial charge in [-0.1, -0.05) is 24.6 Å². The Morgan fingerprint density at radius 1 is 1.29 bits per heavy atom. The number of aliphatic carboxylic acids is 1. The number of nitrogens with zero attached hydrogens (tertiary/aromatic N) is 1. The van der Waals surface area contributed by atoms with Crippen molar-refractivity contribution in [3.63, 3.8) is 0 Å². The first-order chi connectivity index (χ1) is 9.60. The van der Waals surface area contributed by atoms with E-state index >= 15 is 0 Å². The van der Waals surface area contributed by atoms with Crippen molar-refractivity contribution in [3.8, 4) is 11.6 Å². The molecule has 0 aliphatic rings. The molecule has 4 nitrogen and oxygen atoms in total. The van der Waals surface area contributed by atoms with Crippen molar-refractivity contribution in [1.82, 2.24) is 4.98 Å². The van der Waals surface area contributed by atoms with E-state index in [1.807, 2.05) is 6.92 Å². The topological polar surface area (TPSA) is 59.4 Å². The lowest BCUT2D eigenvalue weighted by atomic mass is 9.99. The Morgan fingerprint density at radius 3 is 2.43 bits per heavy atom. The molecule has 6 heteroatoms. The molecule has 21 heavy (non-hydrogen) atoms. The highest BCUT2D eigenvalue weighted by molar-refractivity contribution is 6.30. The second-order valence-corrected chi connectivity index (χ2v) is 4.72. The first-order valence-electron chi connectivity index (χ1n) is 6.22. The number of benzene rings is 1. The SMILES string of the molecule is CCC(C(=O)O)c1ccc(Oc2ccc(Cl)cc2)nc1.[Al]. The molecule has 2 aromatic rings. The molecule has 1 N–H and O–H groups in total. The molecule has 0 bridgehead atoms. The minimum Gasteiger partial charge on any atom is -0.481 e. The predicted molar refractivity (Wildman–Crippen MR) is 82.2 cm³/mol. The molecule has 0 aliphatic carbocycles. The van der Waals surface area contributed by atoms with Crippen molar-refractivity contribution in [2.75, 3.05) is 0 Å². The third-order valence-electron chi connectivity index (χ3n) is 2.90. The smallest absolute Gasteiger partial charge is 0.311 e. The highest BCUT2D eigenvalue weighted by Gasteiger charge is 2.17. The van der Waals surface area contributed by atoms with Crippen LogP contribution in [0.2, 0.25) is 5.02 Å². The molecule has 1 atom stereocenters. The van der Waals surface area contributed by atoms with Crippen molar-refractivity contribution in [2.24, 2.45) is 0 Å². The molecular weight excluding hydrogens is 305 g/mol. The summed E-state index contributed by atoms with van der Waals surface area (Å²) in [5.41, 5.74) is 0.670. The molecule has 1 heterocycles. The molecule has 1 unspecified atom stereocenters. The lowest BCUT2D eigenvalue weighted by Crippen LogP contribution is -2.10. The van der Waals surface area contributed by atoms with Gasteiger partial charge in [0, 0.05) is 34.6 Å². The molecule has 2 rings (SSSR count). The maximum atomic E-state index is 11.1. The monoisotopic (exact) mass is 318 g/mol. The first-order valence-corrected chi connectivity index (χ1v) is 6.60. The van der Waals surface area contributed by atoms with Gasteiger partial charge in [-0.05, 0) is 36.2 Å². The molecule has 0 aliphatic heterocycles. The van der Waals surface area contributed by atoms with Gasteiger partial charge in [-0.15, -0.1) is 0 Å². The third kappa shape index (κ3) is 4.75. The zero-order valence-corrected chi connectivity index (χ0v) is 13.4. The molecule has 0 saturated carbocycles. The highest BCUT2D eigenvalue weighted by Crippen LogP contribution is 2.24. The van der Waals surface area contributed by atoms with Crippen molar-refractivity contribution in [3.05, 3.63) is 53.2 Å². The Morgan fingerprint density at radius 2 is 1.95 bits per heavy atom. The lowest BCUT2D eigenvalue weighted by Gasteiger charge is -2.10. The maximum Gasteiger partial charge on any atom is 0.311 e. The van der Waals surface area contributed by atoms with E-state index in [-0.39, 0.29) is 17.4 Å². The summed E-state index contributed by atoms with van der Waals surface area (Å²) in [5.74, 6) is -0.344. The van der Waals surface area contributed by atoms with Crippen LogP contribution in [0.25, 0.3) is 0 Å². The summed E-state index contributed by atoms with van der Waals surface area (Å²) >= 11 is 5.79. The summed E-state index contributed by atoms with van der Waals surface area (Å²) in [4.78, 5) is 15.2. The molecule has 1 aromatic carbocycles. The fourth-order valence-corrected chi connectivity index (χ4v) is 1.96. The zero-order valence-electron chi connectivity index (χ0n) is 11.5. The highest BCUT2D eigenvalue weighted by atomic mass is 35.5. The number of carbonyl (C=O) groups is 1. The fourth-order valence-electron chi connectivity index (χ4n) is 1.83. The standard InChI is InChI=1S/C15H14ClNO3.Al/c1-2-13(15(18)19)10-3-8-14(17-9-10)20-12-6-4-11(16)5-7-12;/h3-9,13H,2H2,1H3,(H,18,19);. The normalized spacial score (nSPS) is 11.3. The number of ether oxygens (including phenoxy) is 1. The van der Waals surface area contributed by atoms with E-state index in [4.69, 9.17) is 21.4 Å². The van der Waals surface area contributed by atoms with E-state index in [9.17, 15) is 4.79 Å². The summed E-state index contributed by atoms with van der Waals surface area (Å²) < 4.78 is 5.55. The number of halogens is 1. The van der Waals surface area contributed by atoms with Crippen LogP contribution in [0.15, 0.2) is 42.6 Å². The summed E-state index contributed by atoms with van der Waals surface area (Å²) in [7, 11) is 0. The van der Waals surface area contributed by atoms with Crippen LogP contribution in [-0.2, 0) is 4.79 Å². The van der Waals surface area contributed by atoms with Gasteiger partial charge in [0.2, 0.25) is 5.88 Å². The number of aromatic nitrogens is 1. The van der Waals surface area contributed by atoms with Crippen LogP contribution < -0.4 is 4.74 Å². The van der Waals surface area contributed by atoms with E-state index in [2.05, 4.69) is 4.98 Å². The Labute approximate surface area is 138 Å². The third-order valence-corrected chi connectivity index (χ3v) is 3.16. The number of carboxylic acid groups (broad SMARTS) is 1. The lowest BCUT2D eigenvalue weighted by molar-refractivity contribution is -0.138. The second-order valence-electron chi connectivity index (χ2n) is 4.28. The van der Waals surface area contributed by atoms with Crippen molar-refractivity contribution >= 4 is 34.9 Å². The molecule has 1 aromatic heterocycles. The Bertz CT molecular complexity index is 587. The molecular formula is C15H14AlClNO3. The number of hydrogen-bond donors (Lipinski definition) is 1. The van der Waals surface area contributed by atoms with Crippen LogP contribution in [0.1, 0.15) is 24.8 Å². The van der Waals surface area contributed by atoms with E-state index in [0.29, 0.717) is 28.6 Å². The van der Waals surface area contributed by atoms with Gasteiger partial charge < -0.3 is 9.84 Å². The van der Waals surface area contributed by atoms with Gasteiger partial charge >= 0.3 is 5.97 Å². The van der Waals surface area contributed by atoms with Gasteiger partial charge in [0.05, 0.1) is 5.92 Å². The number of carboxylic acids is 1.